The molecular formula is C22H18N2O6. The van der Waals surface area contributed by atoms with Crippen molar-refractivity contribution in [1.82, 2.24) is 4.90 Å². The monoisotopic (exact) mass is 406 g/mol. The smallest absolute Gasteiger partial charge is 0.331 e. The standard InChI is InChI=1S/C22H18N2O6/c1-13(12-23)29-22(28)19(11-15-7-9-16(10-8-15)30-14(2)25)24-20(26)17-5-3-4-6-18(17)21(24)27/h3-10,13,19H,11H2,1-2H3/t13-,19-/m0/s1. The normalized spacial score (nSPS) is 14.5. The van der Waals surface area contributed by atoms with E-state index in [1.165, 1.54) is 26.0 Å². The molecule has 30 heavy (non-hydrogen) atoms. The van der Waals surface area contributed by atoms with Gasteiger partial charge in [0.2, 0.25) is 0 Å². The molecule has 8 heteroatoms. The largest absolute Gasteiger partial charge is 0.446 e. The van der Waals surface area contributed by atoms with Gasteiger partial charge >= 0.3 is 11.9 Å². The Morgan fingerprint density at radius 3 is 2.10 bits per heavy atom. The Morgan fingerprint density at radius 2 is 1.60 bits per heavy atom. The summed E-state index contributed by atoms with van der Waals surface area (Å²) < 4.78 is 10.1. The minimum atomic E-state index is -1.26. The predicted octanol–water partition coefficient (Wildman–Crippen LogP) is 2.27. The third-order valence-electron chi connectivity index (χ3n) is 4.50. The summed E-state index contributed by atoms with van der Waals surface area (Å²) in [5.41, 5.74) is 1.02. The van der Waals surface area contributed by atoms with Crippen LogP contribution in [0.1, 0.15) is 40.1 Å². The lowest BCUT2D eigenvalue weighted by molar-refractivity contribution is -0.150. The van der Waals surface area contributed by atoms with Crippen LogP contribution in [0, 0.1) is 11.3 Å². The predicted molar refractivity (Wildman–Crippen MR) is 103 cm³/mol. The van der Waals surface area contributed by atoms with E-state index in [4.69, 9.17) is 14.7 Å². The third-order valence-corrected chi connectivity index (χ3v) is 4.50. The summed E-state index contributed by atoms with van der Waals surface area (Å²) in [5, 5.41) is 8.95. The number of nitriles is 1. The molecule has 0 unspecified atom stereocenters. The number of ether oxygens (including phenoxy) is 2. The highest BCUT2D eigenvalue weighted by Crippen LogP contribution is 2.27. The summed E-state index contributed by atoms with van der Waals surface area (Å²) in [6.45, 7) is 2.67. The molecule has 0 fully saturated rings. The topological polar surface area (TPSA) is 114 Å². The van der Waals surface area contributed by atoms with Crippen LogP contribution in [0.15, 0.2) is 48.5 Å². The maximum atomic E-state index is 12.8. The van der Waals surface area contributed by atoms with Crippen LogP contribution in [-0.4, -0.2) is 40.8 Å². The van der Waals surface area contributed by atoms with Gasteiger partial charge in [0.25, 0.3) is 11.8 Å². The lowest BCUT2D eigenvalue weighted by atomic mass is 10.0. The van der Waals surface area contributed by atoms with Crippen LogP contribution >= 0.6 is 0 Å². The molecule has 1 heterocycles. The van der Waals surface area contributed by atoms with Gasteiger partial charge in [-0.1, -0.05) is 24.3 Å². The van der Waals surface area contributed by atoms with Crippen molar-refractivity contribution < 1.29 is 28.7 Å². The number of nitrogens with zero attached hydrogens (tertiary/aromatic N) is 2. The molecule has 1 aliphatic heterocycles. The molecule has 1 aliphatic rings. The molecule has 0 spiro atoms. The van der Waals surface area contributed by atoms with Crippen molar-refractivity contribution in [3.63, 3.8) is 0 Å². The Morgan fingerprint density at radius 1 is 1.03 bits per heavy atom. The molecule has 8 nitrogen and oxygen atoms in total. The van der Waals surface area contributed by atoms with E-state index >= 15 is 0 Å². The first kappa shape index (κ1) is 20.7. The summed E-state index contributed by atoms with van der Waals surface area (Å²) >= 11 is 0. The molecule has 0 aromatic heterocycles. The summed E-state index contributed by atoms with van der Waals surface area (Å²) in [6, 6.07) is 13.1. The van der Waals surface area contributed by atoms with Crippen LogP contribution in [0.4, 0.5) is 0 Å². The van der Waals surface area contributed by atoms with Crippen molar-refractivity contribution in [2.45, 2.75) is 32.4 Å². The molecular weight excluding hydrogens is 388 g/mol. The number of carbonyl (C=O) groups is 4. The fourth-order valence-corrected chi connectivity index (χ4v) is 3.13. The fraction of sp³-hybridized carbons (Fsp3) is 0.227. The summed E-state index contributed by atoms with van der Waals surface area (Å²) in [7, 11) is 0. The summed E-state index contributed by atoms with van der Waals surface area (Å²) in [4.78, 5) is 50.4. The van der Waals surface area contributed by atoms with Crippen molar-refractivity contribution in [3.8, 4) is 11.8 Å². The number of amides is 2. The Hall–Kier alpha value is -3.99. The quantitative estimate of drug-likeness (QED) is 0.411. The second kappa shape index (κ2) is 8.57. The third kappa shape index (κ3) is 4.20. The molecule has 2 aromatic carbocycles. The van der Waals surface area contributed by atoms with Crippen LogP contribution in [0.2, 0.25) is 0 Å². The van der Waals surface area contributed by atoms with Gasteiger partial charge < -0.3 is 9.47 Å². The molecule has 2 atom stereocenters. The van der Waals surface area contributed by atoms with E-state index in [1.54, 1.807) is 42.5 Å². The highest BCUT2D eigenvalue weighted by atomic mass is 16.5. The number of rotatable bonds is 6. The summed E-state index contributed by atoms with van der Waals surface area (Å²) in [6.07, 6.45) is -1.07. The Balaban J connectivity index is 1.91. The number of fused-ring (bicyclic) bond motifs is 1. The number of esters is 2. The van der Waals surface area contributed by atoms with Crippen LogP contribution in [-0.2, 0) is 20.7 Å². The first-order valence-electron chi connectivity index (χ1n) is 9.16. The van der Waals surface area contributed by atoms with Gasteiger partial charge in [0.1, 0.15) is 17.9 Å². The van der Waals surface area contributed by atoms with Gasteiger partial charge in [0.15, 0.2) is 6.10 Å². The van der Waals surface area contributed by atoms with Gasteiger partial charge in [-0.2, -0.15) is 5.26 Å². The van der Waals surface area contributed by atoms with Crippen molar-refractivity contribution in [1.29, 1.82) is 5.26 Å². The number of hydrogen-bond acceptors (Lipinski definition) is 7. The molecule has 0 N–H and O–H groups in total. The Kier molecular flexibility index (Phi) is 5.93. The number of benzene rings is 2. The maximum Gasteiger partial charge on any atom is 0.331 e. The highest BCUT2D eigenvalue weighted by molar-refractivity contribution is 6.22. The first-order chi connectivity index (χ1) is 14.3. The van der Waals surface area contributed by atoms with E-state index in [2.05, 4.69) is 0 Å². The zero-order valence-corrected chi connectivity index (χ0v) is 16.3. The fourth-order valence-electron chi connectivity index (χ4n) is 3.13. The average Bonchev–Trinajstić information content (AvgIpc) is 2.97. The van der Waals surface area contributed by atoms with Gasteiger partial charge in [0.05, 0.1) is 11.1 Å². The van der Waals surface area contributed by atoms with Crippen LogP contribution in [0.25, 0.3) is 0 Å². The van der Waals surface area contributed by atoms with E-state index in [0.717, 1.165) is 4.90 Å². The van der Waals surface area contributed by atoms with Crippen molar-refractivity contribution in [2.75, 3.05) is 0 Å². The molecule has 2 amide bonds. The SMILES string of the molecule is CC(=O)Oc1ccc(C[C@@H](C(=O)O[C@@H](C)C#N)N2C(=O)c3ccccc3C2=O)cc1. The van der Waals surface area contributed by atoms with Gasteiger partial charge in [-0.3, -0.25) is 19.3 Å². The molecule has 0 saturated carbocycles. The van der Waals surface area contributed by atoms with E-state index in [0.29, 0.717) is 11.3 Å². The Labute approximate surface area is 172 Å². The van der Waals surface area contributed by atoms with E-state index in [1.807, 2.05) is 0 Å². The zero-order valence-electron chi connectivity index (χ0n) is 16.3. The number of carbonyl (C=O) groups excluding carboxylic acids is 4. The van der Waals surface area contributed by atoms with Crippen molar-refractivity contribution >= 4 is 23.8 Å². The highest BCUT2D eigenvalue weighted by Gasteiger charge is 2.43. The maximum absolute atomic E-state index is 12.8. The van der Waals surface area contributed by atoms with Crippen LogP contribution in [0.5, 0.6) is 5.75 Å². The van der Waals surface area contributed by atoms with Gasteiger partial charge in [-0.05, 0) is 36.8 Å². The number of imide groups is 1. The zero-order chi connectivity index (χ0) is 21.8. The van der Waals surface area contributed by atoms with Gasteiger partial charge in [-0.15, -0.1) is 0 Å². The molecule has 0 saturated heterocycles. The van der Waals surface area contributed by atoms with Crippen molar-refractivity contribution in [2.24, 2.45) is 0 Å². The first-order valence-corrected chi connectivity index (χ1v) is 9.16. The second-order valence-electron chi connectivity index (χ2n) is 6.69. The molecule has 0 bridgehead atoms. The molecule has 152 valence electrons. The second-order valence-corrected chi connectivity index (χ2v) is 6.69. The van der Waals surface area contributed by atoms with Gasteiger partial charge in [-0.25, -0.2) is 4.79 Å². The minimum Gasteiger partial charge on any atom is -0.446 e. The van der Waals surface area contributed by atoms with Gasteiger partial charge in [0, 0.05) is 13.3 Å². The molecule has 0 radical (unpaired) electrons. The van der Waals surface area contributed by atoms with E-state index < -0.39 is 35.9 Å². The van der Waals surface area contributed by atoms with E-state index in [9.17, 15) is 19.2 Å². The summed E-state index contributed by atoms with van der Waals surface area (Å²) in [5.74, 6) is -2.20. The average molecular weight is 406 g/mol. The Bertz CT molecular complexity index is 1020. The minimum absolute atomic E-state index is 0.0250. The van der Waals surface area contributed by atoms with Crippen LogP contribution < -0.4 is 4.74 Å². The van der Waals surface area contributed by atoms with Crippen LogP contribution in [0.3, 0.4) is 0 Å². The lowest BCUT2D eigenvalue weighted by Crippen LogP contribution is -2.47. The van der Waals surface area contributed by atoms with E-state index in [-0.39, 0.29) is 17.5 Å². The molecule has 3 rings (SSSR count). The molecule has 0 aliphatic carbocycles. The van der Waals surface area contributed by atoms with Crippen molar-refractivity contribution in [3.05, 3.63) is 65.2 Å². The lowest BCUT2D eigenvalue weighted by Gasteiger charge is -2.25. The number of hydrogen-bond donors (Lipinski definition) is 0. The molecule has 2 aromatic rings.